The summed E-state index contributed by atoms with van der Waals surface area (Å²) >= 11 is 0. The third-order valence-corrected chi connectivity index (χ3v) is 6.06. The first-order valence-corrected chi connectivity index (χ1v) is 11.6. The molecule has 0 bridgehead atoms. The molecule has 5 heteroatoms. The second-order valence-electron chi connectivity index (χ2n) is 8.44. The van der Waals surface area contributed by atoms with E-state index in [-0.39, 0.29) is 5.91 Å². The molecular formula is C27H36N4O. The summed E-state index contributed by atoms with van der Waals surface area (Å²) in [6.45, 7) is 16.7. The average molecular weight is 433 g/mol. The fourth-order valence-corrected chi connectivity index (χ4v) is 4.53. The zero-order valence-corrected chi connectivity index (χ0v) is 19.9. The van der Waals surface area contributed by atoms with Gasteiger partial charge in [-0.15, -0.1) is 6.58 Å². The van der Waals surface area contributed by atoms with Crippen LogP contribution in [0.3, 0.4) is 0 Å². The number of benzene rings is 2. The molecule has 0 N–H and O–H groups in total. The lowest BCUT2D eigenvalue weighted by molar-refractivity contribution is 0.0773. The van der Waals surface area contributed by atoms with E-state index in [1.54, 1.807) is 0 Å². The van der Waals surface area contributed by atoms with Crippen molar-refractivity contribution in [1.82, 2.24) is 14.7 Å². The average Bonchev–Trinajstić information content (AvgIpc) is 2.80. The molecule has 3 rings (SSSR count). The Balaban J connectivity index is 1.97. The zero-order chi connectivity index (χ0) is 23.1. The van der Waals surface area contributed by atoms with Crippen LogP contribution < -0.4 is 0 Å². The van der Waals surface area contributed by atoms with Gasteiger partial charge >= 0.3 is 0 Å². The lowest BCUT2D eigenvalue weighted by Crippen LogP contribution is -2.58. The van der Waals surface area contributed by atoms with Crippen LogP contribution in [0.15, 0.2) is 72.2 Å². The van der Waals surface area contributed by atoms with E-state index >= 15 is 0 Å². The zero-order valence-electron chi connectivity index (χ0n) is 19.9. The van der Waals surface area contributed by atoms with Crippen molar-refractivity contribution in [2.75, 3.05) is 32.7 Å². The second-order valence-corrected chi connectivity index (χ2v) is 8.44. The number of carbonyl (C=O) groups excluding carboxylic acids is 1. The topological polar surface area (TPSA) is 39.1 Å². The Bertz CT molecular complexity index is 906. The van der Waals surface area contributed by atoms with Crippen molar-refractivity contribution in [1.29, 1.82) is 0 Å². The summed E-state index contributed by atoms with van der Waals surface area (Å²) in [5, 5.41) is 0. The smallest absolute Gasteiger partial charge is 0.253 e. The van der Waals surface area contributed by atoms with E-state index in [1.807, 2.05) is 79.4 Å². The molecule has 0 radical (unpaired) electrons. The van der Waals surface area contributed by atoms with Crippen LogP contribution >= 0.6 is 0 Å². The lowest BCUT2D eigenvalue weighted by atomic mass is 10.0. The first-order valence-electron chi connectivity index (χ1n) is 11.6. The van der Waals surface area contributed by atoms with Crippen molar-refractivity contribution in [3.8, 4) is 0 Å². The highest BCUT2D eigenvalue weighted by Crippen LogP contribution is 2.23. The predicted octanol–water partition coefficient (Wildman–Crippen LogP) is 4.83. The van der Waals surface area contributed by atoms with Gasteiger partial charge in [-0.05, 0) is 52.0 Å². The van der Waals surface area contributed by atoms with Gasteiger partial charge in [0.1, 0.15) is 5.84 Å². The van der Waals surface area contributed by atoms with E-state index in [1.165, 1.54) is 0 Å². The number of amides is 1. The Hall–Kier alpha value is -2.92. The highest BCUT2D eigenvalue weighted by molar-refractivity contribution is 6.02. The van der Waals surface area contributed by atoms with Gasteiger partial charge in [-0.1, -0.05) is 36.4 Å². The maximum Gasteiger partial charge on any atom is 0.253 e. The van der Waals surface area contributed by atoms with Gasteiger partial charge in [-0.3, -0.25) is 9.69 Å². The molecule has 2 aromatic rings. The molecule has 1 fully saturated rings. The van der Waals surface area contributed by atoms with Crippen LogP contribution in [0.5, 0.6) is 0 Å². The van der Waals surface area contributed by atoms with Crippen LogP contribution in [0.2, 0.25) is 0 Å². The first kappa shape index (κ1) is 23.7. The van der Waals surface area contributed by atoms with E-state index < -0.39 is 0 Å². The first-order chi connectivity index (χ1) is 15.5. The Morgan fingerprint density at radius 3 is 2.09 bits per heavy atom. The number of amidine groups is 1. The molecule has 170 valence electrons. The molecule has 1 heterocycles. The molecule has 1 saturated heterocycles. The van der Waals surface area contributed by atoms with Crippen LogP contribution in [0.25, 0.3) is 0 Å². The lowest BCUT2D eigenvalue weighted by Gasteiger charge is -2.46. The minimum atomic E-state index is 0.0721. The quantitative estimate of drug-likeness (QED) is 0.357. The molecule has 2 atom stereocenters. The van der Waals surface area contributed by atoms with E-state index in [2.05, 4.69) is 30.2 Å². The van der Waals surface area contributed by atoms with Crippen molar-refractivity contribution in [2.45, 2.75) is 39.8 Å². The molecule has 32 heavy (non-hydrogen) atoms. The molecule has 0 aromatic heterocycles. The Kier molecular flexibility index (Phi) is 8.23. The Labute approximate surface area is 193 Å². The molecule has 0 spiro atoms. The summed E-state index contributed by atoms with van der Waals surface area (Å²) in [4.78, 5) is 24.5. The van der Waals surface area contributed by atoms with E-state index in [0.717, 1.165) is 36.7 Å². The van der Waals surface area contributed by atoms with Crippen LogP contribution in [-0.2, 0) is 0 Å². The molecule has 1 aliphatic rings. The number of para-hydroxylation sites is 1. The van der Waals surface area contributed by atoms with Gasteiger partial charge in [0.25, 0.3) is 5.91 Å². The molecule has 0 saturated carbocycles. The number of nitrogens with zero attached hydrogens (tertiary/aromatic N) is 4. The van der Waals surface area contributed by atoms with Gasteiger partial charge in [0.05, 0.1) is 5.69 Å². The monoisotopic (exact) mass is 432 g/mol. The largest absolute Gasteiger partial charge is 0.348 e. The van der Waals surface area contributed by atoms with Crippen molar-refractivity contribution in [2.24, 2.45) is 4.99 Å². The molecule has 1 amide bonds. The molecule has 5 nitrogen and oxygen atoms in total. The summed E-state index contributed by atoms with van der Waals surface area (Å²) in [5.74, 6) is 1.03. The van der Waals surface area contributed by atoms with Crippen LogP contribution in [0.1, 0.15) is 43.6 Å². The van der Waals surface area contributed by atoms with Crippen molar-refractivity contribution < 1.29 is 4.79 Å². The molecule has 0 unspecified atom stereocenters. The van der Waals surface area contributed by atoms with E-state index in [9.17, 15) is 4.79 Å². The maximum atomic E-state index is 12.8. The van der Waals surface area contributed by atoms with Gasteiger partial charge in [0, 0.05) is 55.9 Å². The molecule has 2 aromatic carbocycles. The van der Waals surface area contributed by atoms with Crippen molar-refractivity contribution in [3.05, 3.63) is 78.4 Å². The second kappa shape index (κ2) is 11.1. The number of hydrogen-bond donors (Lipinski definition) is 0. The van der Waals surface area contributed by atoms with Gasteiger partial charge in [-0.25, -0.2) is 4.99 Å². The fourth-order valence-electron chi connectivity index (χ4n) is 4.53. The van der Waals surface area contributed by atoms with Crippen molar-refractivity contribution >= 4 is 17.4 Å². The summed E-state index contributed by atoms with van der Waals surface area (Å²) in [6, 6.07) is 18.6. The van der Waals surface area contributed by atoms with Gasteiger partial charge in [0.15, 0.2) is 0 Å². The number of aliphatic imine (C=N–C) groups is 1. The number of piperazine rings is 1. The van der Waals surface area contributed by atoms with E-state index in [0.29, 0.717) is 30.7 Å². The van der Waals surface area contributed by atoms with Crippen LogP contribution in [-0.4, -0.2) is 71.2 Å². The SMILES string of the molecule is C=CCN1C[C@@H](C)N(C(=Nc2ccccc2)c2ccc(C(=O)N(CC)CC)cc2)[C@@H](C)C1. The van der Waals surface area contributed by atoms with Gasteiger partial charge < -0.3 is 9.80 Å². The van der Waals surface area contributed by atoms with Gasteiger partial charge in [-0.2, -0.15) is 0 Å². The van der Waals surface area contributed by atoms with Gasteiger partial charge in [0.2, 0.25) is 0 Å². The summed E-state index contributed by atoms with van der Waals surface area (Å²) in [5.41, 5.74) is 2.67. The minimum Gasteiger partial charge on any atom is -0.348 e. The normalized spacial score (nSPS) is 19.6. The third kappa shape index (κ3) is 5.46. The summed E-state index contributed by atoms with van der Waals surface area (Å²) < 4.78 is 0. The predicted molar refractivity (Wildman–Crippen MR) is 134 cm³/mol. The number of hydrogen-bond acceptors (Lipinski definition) is 3. The molecule has 0 aliphatic carbocycles. The summed E-state index contributed by atoms with van der Waals surface area (Å²) in [6.07, 6.45) is 1.97. The number of rotatable bonds is 7. The third-order valence-electron chi connectivity index (χ3n) is 6.06. The van der Waals surface area contributed by atoms with Crippen LogP contribution in [0.4, 0.5) is 5.69 Å². The minimum absolute atomic E-state index is 0.0721. The highest BCUT2D eigenvalue weighted by Gasteiger charge is 2.32. The highest BCUT2D eigenvalue weighted by atomic mass is 16.2. The molecular weight excluding hydrogens is 396 g/mol. The van der Waals surface area contributed by atoms with E-state index in [4.69, 9.17) is 4.99 Å². The Morgan fingerprint density at radius 2 is 1.56 bits per heavy atom. The molecule has 1 aliphatic heterocycles. The summed E-state index contributed by atoms with van der Waals surface area (Å²) in [7, 11) is 0. The Morgan fingerprint density at radius 1 is 1.00 bits per heavy atom. The number of carbonyl (C=O) groups is 1. The maximum absolute atomic E-state index is 12.8. The van der Waals surface area contributed by atoms with Crippen LogP contribution in [0, 0.1) is 0 Å². The fraction of sp³-hybridized carbons (Fsp3) is 0.407. The van der Waals surface area contributed by atoms with Crippen molar-refractivity contribution in [3.63, 3.8) is 0 Å². The standard InChI is InChI=1S/C27H36N4O/c1-6-18-29-19-21(4)31(22(5)20-29)26(28-25-12-10-9-11-13-25)23-14-16-24(17-15-23)27(32)30(7-2)8-3/h6,9-17,21-22H,1,7-8,18-20H2,2-5H3/t21-,22+.